The number of carbonyl (C=O) groups excluding carboxylic acids is 1. The number of nitrogens with zero attached hydrogens (tertiary/aromatic N) is 3. The molecule has 0 unspecified atom stereocenters. The molecule has 1 saturated heterocycles. The van der Waals surface area contributed by atoms with Crippen LogP contribution in [-0.2, 0) is 4.74 Å². The Hall–Kier alpha value is -1.88. The Labute approximate surface area is 129 Å². The fourth-order valence-electron chi connectivity index (χ4n) is 3.22. The van der Waals surface area contributed by atoms with Crippen LogP contribution in [-0.4, -0.2) is 47.2 Å². The van der Waals surface area contributed by atoms with Crippen LogP contribution in [0.1, 0.15) is 36.2 Å². The summed E-state index contributed by atoms with van der Waals surface area (Å²) in [5.41, 5.74) is 2.84. The molecule has 1 aliphatic carbocycles. The van der Waals surface area contributed by atoms with Gasteiger partial charge >= 0.3 is 0 Å². The predicted octanol–water partition coefficient (Wildman–Crippen LogP) is 2.48. The molecule has 1 saturated carbocycles. The molecule has 1 aliphatic heterocycles. The molecule has 1 amide bonds. The first-order valence-corrected chi connectivity index (χ1v) is 7.86. The molecule has 4 rings (SSSR count). The van der Waals surface area contributed by atoms with Crippen molar-refractivity contribution in [1.29, 1.82) is 0 Å². The zero-order chi connectivity index (χ0) is 15.3. The third-order valence-corrected chi connectivity index (χ3v) is 4.63. The normalized spacial score (nSPS) is 19.9. The summed E-state index contributed by atoms with van der Waals surface area (Å²) in [6.45, 7) is 4.34. The second-order valence-corrected chi connectivity index (χ2v) is 7.05. The van der Waals surface area contributed by atoms with E-state index < -0.39 is 0 Å². The van der Waals surface area contributed by atoms with E-state index in [0.717, 1.165) is 30.8 Å². The summed E-state index contributed by atoms with van der Waals surface area (Å²) in [6.07, 6.45) is 4.36. The lowest BCUT2D eigenvalue weighted by atomic mass is 9.88. The molecule has 0 atom stereocenters. The minimum absolute atomic E-state index is 0.0518. The quantitative estimate of drug-likeness (QED) is 0.871. The minimum atomic E-state index is 0.0518. The molecule has 116 valence electrons. The SMILES string of the molecule is CN(CC1(C)COC1)C(=O)c1ccc2c(c1)ncn2C1CC1. The summed E-state index contributed by atoms with van der Waals surface area (Å²) in [7, 11) is 1.86. The number of hydrogen-bond donors (Lipinski definition) is 0. The van der Waals surface area contributed by atoms with Gasteiger partial charge in [0.2, 0.25) is 0 Å². The molecular weight excluding hydrogens is 278 g/mol. The third-order valence-electron chi connectivity index (χ3n) is 4.63. The number of hydrogen-bond acceptors (Lipinski definition) is 3. The van der Waals surface area contributed by atoms with Crippen molar-refractivity contribution in [3.63, 3.8) is 0 Å². The third kappa shape index (κ3) is 2.29. The summed E-state index contributed by atoms with van der Waals surface area (Å²) in [6, 6.07) is 6.46. The van der Waals surface area contributed by atoms with E-state index in [1.165, 1.54) is 12.8 Å². The second-order valence-electron chi connectivity index (χ2n) is 7.05. The van der Waals surface area contributed by atoms with Crippen LogP contribution >= 0.6 is 0 Å². The number of benzene rings is 1. The van der Waals surface area contributed by atoms with Crippen LogP contribution in [0.3, 0.4) is 0 Å². The number of imidazole rings is 1. The number of fused-ring (bicyclic) bond motifs is 1. The molecule has 2 aliphatic rings. The van der Waals surface area contributed by atoms with Crippen LogP contribution in [0.2, 0.25) is 0 Å². The molecule has 5 heteroatoms. The molecule has 2 heterocycles. The first kappa shape index (κ1) is 13.8. The number of amides is 1. The maximum absolute atomic E-state index is 12.6. The Morgan fingerprint density at radius 1 is 1.45 bits per heavy atom. The van der Waals surface area contributed by atoms with Crippen molar-refractivity contribution in [3.8, 4) is 0 Å². The van der Waals surface area contributed by atoms with Gasteiger partial charge in [0.05, 0.1) is 30.6 Å². The summed E-state index contributed by atoms with van der Waals surface area (Å²) < 4.78 is 7.48. The summed E-state index contributed by atoms with van der Waals surface area (Å²) >= 11 is 0. The second kappa shape index (κ2) is 4.81. The molecule has 1 aromatic heterocycles. The van der Waals surface area contributed by atoms with Gasteiger partial charge in [-0.2, -0.15) is 0 Å². The molecule has 1 aromatic carbocycles. The van der Waals surface area contributed by atoms with Crippen LogP contribution in [0.25, 0.3) is 11.0 Å². The number of ether oxygens (including phenoxy) is 1. The molecule has 0 spiro atoms. The van der Waals surface area contributed by atoms with Gasteiger partial charge in [0.25, 0.3) is 5.91 Å². The van der Waals surface area contributed by atoms with Crippen molar-refractivity contribution in [3.05, 3.63) is 30.1 Å². The fourth-order valence-corrected chi connectivity index (χ4v) is 3.22. The zero-order valence-electron chi connectivity index (χ0n) is 13.1. The van der Waals surface area contributed by atoms with Crippen molar-refractivity contribution < 1.29 is 9.53 Å². The average molecular weight is 299 g/mol. The van der Waals surface area contributed by atoms with Gasteiger partial charge in [-0.15, -0.1) is 0 Å². The molecule has 2 fully saturated rings. The van der Waals surface area contributed by atoms with Gasteiger partial charge < -0.3 is 14.2 Å². The molecule has 0 bridgehead atoms. The summed E-state index contributed by atoms with van der Waals surface area (Å²) in [5, 5.41) is 0. The molecule has 2 aromatic rings. The van der Waals surface area contributed by atoms with E-state index in [0.29, 0.717) is 11.6 Å². The van der Waals surface area contributed by atoms with Crippen LogP contribution in [0.5, 0.6) is 0 Å². The largest absolute Gasteiger partial charge is 0.380 e. The van der Waals surface area contributed by atoms with E-state index in [9.17, 15) is 4.79 Å². The summed E-state index contributed by atoms with van der Waals surface area (Å²) in [5.74, 6) is 0.0518. The Bertz CT molecular complexity index is 729. The van der Waals surface area contributed by atoms with E-state index in [2.05, 4.69) is 16.5 Å². The maximum atomic E-state index is 12.6. The Morgan fingerprint density at radius 3 is 2.86 bits per heavy atom. The zero-order valence-corrected chi connectivity index (χ0v) is 13.1. The van der Waals surface area contributed by atoms with Crippen LogP contribution in [0.4, 0.5) is 0 Å². The lowest BCUT2D eigenvalue weighted by Crippen LogP contribution is -2.49. The summed E-state index contributed by atoms with van der Waals surface area (Å²) in [4.78, 5) is 18.9. The van der Waals surface area contributed by atoms with E-state index >= 15 is 0 Å². The van der Waals surface area contributed by atoms with Crippen LogP contribution < -0.4 is 0 Å². The van der Waals surface area contributed by atoms with Gasteiger partial charge in [0.1, 0.15) is 0 Å². The van der Waals surface area contributed by atoms with Gasteiger partial charge in [-0.05, 0) is 31.0 Å². The Balaban J connectivity index is 1.56. The average Bonchev–Trinajstić information content (AvgIpc) is 3.24. The molecule has 0 radical (unpaired) electrons. The molecule has 22 heavy (non-hydrogen) atoms. The molecule has 5 nitrogen and oxygen atoms in total. The first-order chi connectivity index (χ1) is 10.6. The number of rotatable bonds is 4. The highest BCUT2D eigenvalue weighted by atomic mass is 16.5. The van der Waals surface area contributed by atoms with Crippen molar-refractivity contribution in [2.24, 2.45) is 5.41 Å². The van der Waals surface area contributed by atoms with Crippen molar-refractivity contribution in [2.45, 2.75) is 25.8 Å². The van der Waals surface area contributed by atoms with Gasteiger partial charge in [-0.1, -0.05) is 6.92 Å². The Kier molecular flexibility index (Phi) is 3.01. The van der Waals surface area contributed by atoms with Crippen molar-refractivity contribution in [1.82, 2.24) is 14.5 Å². The topological polar surface area (TPSA) is 47.4 Å². The lowest BCUT2D eigenvalue weighted by molar-refractivity contribution is -0.109. The maximum Gasteiger partial charge on any atom is 0.253 e. The smallest absolute Gasteiger partial charge is 0.253 e. The standard InChI is InChI=1S/C17H21N3O2/c1-17(9-22-10-17)8-19(2)16(21)12-3-6-15-14(7-12)18-11-20(15)13-4-5-13/h3,6-7,11,13H,4-5,8-10H2,1-2H3. The van der Waals surface area contributed by atoms with E-state index in [4.69, 9.17) is 4.74 Å². The van der Waals surface area contributed by atoms with E-state index in [1.54, 1.807) is 4.90 Å². The van der Waals surface area contributed by atoms with Crippen LogP contribution in [0.15, 0.2) is 24.5 Å². The van der Waals surface area contributed by atoms with Gasteiger partial charge in [0, 0.05) is 30.6 Å². The van der Waals surface area contributed by atoms with E-state index in [-0.39, 0.29) is 11.3 Å². The monoisotopic (exact) mass is 299 g/mol. The van der Waals surface area contributed by atoms with E-state index in [1.807, 2.05) is 31.6 Å². The highest BCUT2D eigenvalue weighted by Crippen LogP contribution is 2.37. The number of aromatic nitrogens is 2. The van der Waals surface area contributed by atoms with Gasteiger partial charge in [-0.3, -0.25) is 4.79 Å². The highest BCUT2D eigenvalue weighted by Gasteiger charge is 2.35. The number of carbonyl (C=O) groups is 1. The predicted molar refractivity (Wildman–Crippen MR) is 83.9 cm³/mol. The van der Waals surface area contributed by atoms with Gasteiger partial charge in [-0.25, -0.2) is 4.98 Å². The molecular formula is C17H21N3O2. The van der Waals surface area contributed by atoms with Crippen molar-refractivity contribution >= 4 is 16.9 Å². The first-order valence-electron chi connectivity index (χ1n) is 7.86. The van der Waals surface area contributed by atoms with Gasteiger partial charge in [0.15, 0.2) is 0 Å². The van der Waals surface area contributed by atoms with Crippen molar-refractivity contribution in [2.75, 3.05) is 26.8 Å². The lowest BCUT2D eigenvalue weighted by Gasteiger charge is -2.40. The fraction of sp³-hybridized carbons (Fsp3) is 0.529. The highest BCUT2D eigenvalue weighted by molar-refractivity contribution is 5.97. The van der Waals surface area contributed by atoms with Crippen LogP contribution in [0, 0.1) is 5.41 Å². The Morgan fingerprint density at radius 2 is 2.23 bits per heavy atom. The molecule has 0 N–H and O–H groups in total. The minimum Gasteiger partial charge on any atom is -0.380 e.